The Morgan fingerprint density at radius 1 is 1.13 bits per heavy atom. The zero-order valence-electron chi connectivity index (χ0n) is 21.4. The predicted octanol–water partition coefficient (Wildman–Crippen LogP) is 5.46. The molecule has 7 rings (SSSR count). The van der Waals surface area contributed by atoms with Gasteiger partial charge < -0.3 is 10.2 Å². The summed E-state index contributed by atoms with van der Waals surface area (Å²) in [6.07, 6.45) is 8.26. The molecule has 1 aromatic carbocycles. The molecule has 1 atom stereocenters. The summed E-state index contributed by atoms with van der Waals surface area (Å²) in [5, 5.41) is 3.69. The molecule has 1 saturated heterocycles. The van der Waals surface area contributed by atoms with Gasteiger partial charge in [-0.25, -0.2) is 18.6 Å². The molecule has 196 valence electrons. The number of benzene rings is 1. The number of fused-ring (bicyclic) bond motifs is 1. The molecule has 3 aromatic heterocycles. The van der Waals surface area contributed by atoms with Gasteiger partial charge in [-0.2, -0.15) is 9.35 Å². The van der Waals surface area contributed by atoms with E-state index in [1.165, 1.54) is 41.9 Å². The van der Waals surface area contributed by atoms with Gasteiger partial charge >= 0.3 is 0 Å². The third-order valence-electron chi connectivity index (χ3n) is 7.89. The molecule has 0 amide bonds. The van der Waals surface area contributed by atoms with Crippen LogP contribution in [0.4, 0.5) is 21.8 Å². The first-order valence-electron chi connectivity index (χ1n) is 13.3. The van der Waals surface area contributed by atoms with E-state index in [4.69, 9.17) is 0 Å². The molecule has 2 aliphatic heterocycles. The number of aryl methyl sites for hydroxylation is 1. The second-order valence-electron chi connectivity index (χ2n) is 10.7. The van der Waals surface area contributed by atoms with E-state index in [-0.39, 0.29) is 0 Å². The Balaban J connectivity index is 1.25. The van der Waals surface area contributed by atoms with Gasteiger partial charge in [0.15, 0.2) is 17.3 Å². The maximum Gasteiger partial charge on any atom is 0.229 e. The summed E-state index contributed by atoms with van der Waals surface area (Å²) < 4.78 is 33.9. The Labute approximate surface area is 221 Å². The van der Waals surface area contributed by atoms with E-state index in [1.807, 2.05) is 0 Å². The van der Waals surface area contributed by atoms with Crippen molar-refractivity contribution in [3.63, 3.8) is 0 Å². The number of hydrogen-bond acceptors (Lipinski definition) is 7. The first kappa shape index (κ1) is 23.7. The molecule has 1 fully saturated rings. The van der Waals surface area contributed by atoms with Crippen LogP contribution in [-0.2, 0) is 22.7 Å². The lowest BCUT2D eigenvalue weighted by atomic mass is 9.77. The first-order valence-corrected chi connectivity index (χ1v) is 15.1. The lowest BCUT2D eigenvalue weighted by molar-refractivity contribution is 0.266. The van der Waals surface area contributed by atoms with Crippen molar-refractivity contribution in [2.45, 2.75) is 44.6 Å². The van der Waals surface area contributed by atoms with E-state index in [2.05, 4.69) is 48.7 Å². The smallest absolute Gasteiger partial charge is 0.229 e. The predicted molar refractivity (Wildman–Crippen MR) is 148 cm³/mol. The molecule has 1 aliphatic carbocycles. The molecule has 0 saturated carbocycles. The minimum atomic E-state index is -2.26. The quantitative estimate of drug-likeness (QED) is 0.376. The fourth-order valence-corrected chi connectivity index (χ4v) is 8.40. The maximum absolute atomic E-state index is 14.9. The molecule has 5 heterocycles. The number of pyridine rings is 1. The van der Waals surface area contributed by atoms with Gasteiger partial charge in [0.1, 0.15) is 5.82 Å². The summed E-state index contributed by atoms with van der Waals surface area (Å²) in [7, 11) is -0.0793. The molecule has 3 aliphatic rings. The second-order valence-corrected chi connectivity index (χ2v) is 13.3. The van der Waals surface area contributed by atoms with Crippen molar-refractivity contribution in [2.24, 2.45) is 4.36 Å². The number of aromatic nitrogens is 4. The number of likely N-dealkylation sites (N-methyl/N-ethyl adjacent to an activating group) is 1. The van der Waals surface area contributed by atoms with Crippen LogP contribution in [0.15, 0.2) is 47.1 Å². The molecule has 0 bridgehead atoms. The van der Waals surface area contributed by atoms with Crippen molar-refractivity contribution in [1.29, 1.82) is 0 Å². The van der Waals surface area contributed by atoms with Crippen LogP contribution in [0, 0.1) is 5.82 Å². The topological polar surface area (TPSA) is 88.3 Å². The number of anilines is 2. The van der Waals surface area contributed by atoms with Crippen molar-refractivity contribution >= 4 is 38.2 Å². The van der Waals surface area contributed by atoms with E-state index < -0.39 is 15.5 Å². The summed E-state index contributed by atoms with van der Waals surface area (Å²) in [5.74, 6) is 2.66. The molecule has 38 heavy (non-hydrogen) atoms. The number of nitrogens with zero attached hydrogens (tertiary/aromatic N) is 6. The molecular weight excluding hydrogens is 501 g/mol. The highest BCUT2D eigenvalue weighted by atomic mass is 32.2. The van der Waals surface area contributed by atoms with Crippen LogP contribution < -0.4 is 5.32 Å². The highest BCUT2D eigenvalue weighted by molar-refractivity contribution is 7.93. The van der Waals surface area contributed by atoms with Gasteiger partial charge in [-0.1, -0.05) is 6.07 Å². The van der Waals surface area contributed by atoms with E-state index in [0.717, 1.165) is 38.0 Å². The van der Waals surface area contributed by atoms with E-state index in [1.54, 1.807) is 22.8 Å². The minimum absolute atomic E-state index is 0.311. The third-order valence-corrected chi connectivity index (χ3v) is 10.3. The van der Waals surface area contributed by atoms with Crippen LogP contribution in [0.2, 0.25) is 0 Å². The molecule has 0 radical (unpaired) electrons. The Kier molecular flexibility index (Phi) is 5.70. The number of halogens is 1. The second kappa shape index (κ2) is 9.13. The van der Waals surface area contributed by atoms with Crippen LogP contribution in [0.25, 0.3) is 16.9 Å². The average molecular weight is 532 g/mol. The molecule has 0 spiro atoms. The highest BCUT2D eigenvalue weighted by Crippen LogP contribution is 2.40. The Hall–Kier alpha value is -3.37. The minimum Gasteiger partial charge on any atom is -0.324 e. The monoisotopic (exact) mass is 531 g/mol. The molecule has 8 nitrogen and oxygen atoms in total. The zero-order chi connectivity index (χ0) is 25.9. The summed E-state index contributed by atoms with van der Waals surface area (Å²) in [6, 6.07) is 9.74. The molecule has 1 N–H and O–H groups in total. The Bertz CT molecular complexity index is 1680. The Morgan fingerprint density at radius 2 is 1.97 bits per heavy atom. The molecule has 4 aromatic rings. The van der Waals surface area contributed by atoms with Crippen molar-refractivity contribution < 1.29 is 8.60 Å². The lowest BCUT2D eigenvalue weighted by Crippen LogP contribution is -2.33. The van der Waals surface area contributed by atoms with Crippen molar-refractivity contribution in [2.75, 3.05) is 30.4 Å². The van der Waals surface area contributed by atoms with Gasteiger partial charge in [0.2, 0.25) is 5.95 Å². The SMILES string of the molecule is CN1Cc2cc(Nc3ncc4c(F)cn(-c5cccc(N=S6(=O)CCCC6)n5)c4n3)cc3c2C(CCC3)C1. The molecule has 10 heteroatoms. The summed E-state index contributed by atoms with van der Waals surface area (Å²) in [4.78, 5) is 16.1. The maximum atomic E-state index is 14.9. The van der Waals surface area contributed by atoms with Crippen LogP contribution in [0.5, 0.6) is 0 Å². The normalized spacial score (nSPS) is 20.4. The first-order chi connectivity index (χ1) is 18.4. The van der Waals surface area contributed by atoms with E-state index >= 15 is 0 Å². The van der Waals surface area contributed by atoms with Crippen molar-refractivity contribution in [3.05, 3.63) is 65.2 Å². The number of hydrogen-bond donors (Lipinski definition) is 1. The lowest BCUT2D eigenvalue weighted by Gasteiger charge is -2.37. The fourth-order valence-electron chi connectivity index (χ4n) is 6.26. The van der Waals surface area contributed by atoms with Gasteiger partial charge in [0.25, 0.3) is 0 Å². The van der Waals surface area contributed by atoms with Gasteiger partial charge in [0, 0.05) is 42.7 Å². The van der Waals surface area contributed by atoms with E-state index in [0.29, 0.717) is 46.0 Å². The highest BCUT2D eigenvalue weighted by Gasteiger charge is 2.29. The third kappa shape index (κ3) is 4.25. The Morgan fingerprint density at radius 3 is 2.84 bits per heavy atom. The van der Waals surface area contributed by atoms with Crippen LogP contribution in [0.1, 0.15) is 48.3 Å². The molecule has 1 unspecified atom stereocenters. The number of rotatable bonds is 4. The fraction of sp³-hybridized carbons (Fsp3) is 0.393. The summed E-state index contributed by atoms with van der Waals surface area (Å²) in [6.45, 7) is 2.05. The van der Waals surface area contributed by atoms with Gasteiger partial charge in [-0.3, -0.25) is 4.57 Å². The van der Waals surface area contributed by atoms with Gasteiger partial charge in [-0.05, 0) is 86.0 Å². The van der Waals surface area contributed by atoms with Gasteiger partial charge in [-0.15, -0.1) is 0 Å². The average Bonchev–Trinajstić information content (AvgIpc) is 3.46. The molecular formula is C28H30FN7OS. The summed E-state index contributed by atoms with van der Waals surface area (Å²) in [5.41, 5.74) is 5.67. The largest absolute Gasteiger partial charge is 0.324 e. The standard InChI is InChI=1S/C28H30FN7OS/c1-35-15-19-7-4-6-18-12-21(13-20(16-35)26(18)19)31-28-30-14-22-23(29)17-36(27(22)33-28)25-9-5-8-24(32-25)34-38(37)10-2-3-11-38/h5,8-9,12-14,17,19H,2-4,6-7,10-11,15-16H2,1H3,(H,30,31,33). The van der Waals surface area contributed by atoms with Crippen molar-refractivity contribution in [1.82, 2.24) is 24.4 Å². The van der Waals surface area contributed by atoms with Gasteiger partial charge in [0.05, 0.1) is 15.1 Å². The van der Waals surface area contributed by atoms with Crippen molar-refractivity contribution in [3.8, 4) is 5.82 Å². The van der Waals surface area contributed by atoms with Crippen LogP contribution in [-0.4, -0.2) is 53.7 Å². The van der Waals surface area contributed by atoms with E-state index in [9.17, 15) is 8.60 Å². The van der Waals surface area contributed by atoms with Crippen LogP contribution in [0.3, 0.4) is 0 Å². The summed E-state index contributed by atoms with van der Waals surface area (Å²) >= 11 is 0. The van der Waals surface area contributed by atoms with Crippen LogP contribution >= 0.6 is 0 Å². The number of nitrogens with one attached hydrogen (secondary N) is 1. The zero-order valence-corrected chi connectivity index (χ0v) is 22.2.